The molecule has 27 heavy (non-hydrogen) atoms. The second-order valence-corrected chi connectivity index (χ2v) is 7.08. The number of aromatic nitrogens is 2. The van der Waals surface area contributed by atoms with E-state index in [2.05, 4.69) is 28.2 Å². The molecule has 1 saturated heterocycles. The lowest BCUT2D eigenvalue weighted by Gasteiger charge is -2.33. The normalized spacial score (nSPS) is 17.7. The highest BCUT2D eigenvalue weighted by Gasteiger charge is 2.17. The number of hydrogen-bond donors (Lipinski definition) is 1. The molecular formula is C21H20N4O2. The number of fused-ring (bicyclic) bond motifs is 2. The fourth-order valence-electron chi connectivity index (χ4n) is 3.74. The predicted molar refractivity (Wildman–Crippen MR) is 106 cm³/mol. The summed E-state index contributed by atoms with van der Waals surface area (Å²) in [6.45, 7) is 5.03. The van der Waals surface area contributed by atoms with Gasteiger partial charge in [0.2, 0.25) is 0 Å². The van der Waals surface area contributed by atoms with Gasteiger partial charge >= 0.3 is 5.63 Å². The summed E-state index contributed by atoms with van der Waals surface area (Å²) in [6.07, 6.45) is 5.50. The highest BCUT2D eigenvalue weighted by atomic mass is 16.4. The minimum atomic E-state index is -0.326. The third kappa shape index (κ3) is 2.88. The van der Waals surface area contributed by atoms with Crippen molar-refractivity contribution in [3.63, 3.8) is 0 Å². The molecular weight excluding hydrogens is 340 g/mol. The molecule has 4 aromatic rings. The molecule has 0 bridgehead atoms. The van der Waals surface area contributed by atoms with Crippen LogP contribution in [0.5, 0.6) is 0 Å². The van der Waals surface area contributed by atoms with Crippen LogP contribution in [0.4, 0.5) is 5.69 Å². The predicted octanol–water partition coefficient (Wildman–Crippen LogP) is 2.91. The molecule has 1 atom stereocenters. The average Bonchev–Trinajstić information content (AvgIpc) is 3.15. The summed E-state index contributed by atoms with van der Waals surface area (Å²) in [4.78, 5) is 19.2. The van der Waals surface area contributed by atoms with Gasteiger partial charge in [-0.1, -0.05) is 0 Å². The third-order valence-corrected chi connectivity index (χ3v) is 5.15. The zero-order valence-electron chi connectivity index (χ0n) is 15.1. The first-order valence-corrected chi connectivity index (χ1v) is 9.17. The van der Waals surface area contributed by atoms with E-state index in [0.29, 0.717) is 17.2 Å². The summed E-state index contributed by atoms with van der Waals surface area (Å²) in [5, 5.41) is 4.36. The molecule has 1 aromatic carbocycles. The van der Waals surface area contributed by atoms with Crippen LogP contribution in [0.15, 0.2) is 64.2 Å². The average molecular weight is 360 g/mol. The van der Waals surface area contributed by atoms with E-state index in [4.69, 9.17) is 4.42 Å². The van der Waals surface area contributed by atoms with Gasteiger partial charge in [-0.05, 0) is 37.3 Å². The number of imidazole rings is 1. The maximum absolute atomic E-state index is 12.6. The number of rotatable bonds is 2. The molecule has 1 N–H and O–H groups in total. The van der Waals surface area contributed by atoms with Gasteiger partial charge in [0, 0.05) is 67.0 Å². The highest BCUT2D eigenvalue weighted by Crippen LogP contribution is 2.26. The van der Waals surface area contributed by atoms with Gasteiger partial charge in [0.25, 0.3) is 0 Å². The first kappa shape index (κ1) is 16.1. The summed E-state index contributed by atoms with van der Waals surface area (Å²) >= 11 is 0. The SMILES string of the molecule is C[C@H]1CN(c2ccc3cc(-c4ccc5nccn5c4)c(=O)oc3c2)CCN1. The van der Waals surface area contributed by atoms with Crippen LogP contribution in [0.3, 0.4) is 0 Å². The van der Waals surface area contributed by atoms with Gasteiger partial charge in [-0.3, -0.25) is 0 Å². The summed E-state index contributed by atoms with van der Waals surface area (Å²) in [5.74, 6) is 0. The molecule has 0 spiro atoms. The van der Waals surface area contributed by atoms with E-state index in [1.807, 2.05) is 47.1 Å². The van der Waals surface area contributed by atoms with Gasteiger partial charge < -0.3 is 19.0 Å². The van der Waals surface area contributed by atoms with Crippen molar-refractivity contribution in [1.82, 2.24) is 14.7 Å². The Kier molecular flexibility index (Phi) is 3.72. The Bertz CT molecular complexity index is 1190. The molecule has 6 nitrogen and oxygen atoms in total. The standard InChI is InChI=1S/C21H20N4O2/c1-14-12-24(8-6-22-14)17-4-2-15-10-18(21(26)27-19(15)11-17)16-3-5-20-23-7-9-25(20)13-16/h2-5,7,9-11,13-14,22H,6,8,12H2,1H3/t14-/m0/s1. The number of anilines is 1. The van der Waals surface area contributed by atoms with E-state index in [9.17, 15) is 4.79 Å². The first-order valence-electron chi connectivity index (χ1n) is 9.17. The van der Waals surface area contributed by atoms with Crippen molar-refractivity contribution < 1.29 is 4.42 Å². The van der Waals surface area contributed by atoms with Gasteiger partial charge in [0.15, 0.2) is 0 Å². The lowest BCUT2D eigenvalue weighted by atomic mass is 10.1. The highest BCUT2D eigenvalue weighted by molar-refractivity contribution is 5.84. The van der Waals surface area contributed by atoms with Crippen molar-refractivity contribution >= 4 is 22.3 Å². The van der Waals surface area contributed by atoms with Crippen molar-refractivity contribution in [2.75, 3.05) is 24.5 Å². The van der Waals surface area contributed by atoms with Crippen molar-refractivity contribution in [2.45, 2.75) is 13.0 Å². The zero-order valence-corrected chi connectivity index (χ0v) is 15.1. The number of pyridine rings is 1. The van der Waals surface area contributed by atoms with Gasteiger partial charge in [0.1, 0.15) is 11.2 Å². The maximum Gasteiger partial charge on any atom is 0.344 e. The molecule has 136 valence electrons. The first-order chi connectivity index (χ1) is 13.2. The second kappa shape index (κ2) is 6.25. The lowest BCUT2D eigenvalue weighted by Crippen LogP contribution is -2.49. The topological polar surface area (TPSA) is 62.8 Å². The van der Waals surface area contributed by atoms with Gasteiger partial charge in [-0.2, -0.15) is 0 Å². The second-order valence-electron chi connectivity index (χ2n) is 7.08. The Hall–Kier alpha value is -3.12. The van der Waals surface area contributed by atoms with E-state index >= 15 is 0 Å². The molecule has 6 heteroatoms. The zero-order chi connectivity index (χ0) is 18.4. The van der Waals surface area contributed by atoms with Crippen LogP contribution < -0.4 is 15.8 Å². The molecule has 1 aliphatic rings. The molecule has 3 aromatic heterocycles. The smallest absolute Gasteiger partial charge is 0.344 e. The van der Waals surface area contributed by atoms with Crippen LogP contribution in [0.2, 0.25) is 0 Å². The molecule has 0 unspecified atom stereocenters. The van der Waals surface area contributed by atoms with E-state index in [1.165, 1.54) is 0 Å². The number of nitrogens with one attached hydrogen (secondary N) is 1. The van der Waals surface area contributed by atoms with Gasteiger partial charge in [-0.25, -0.2) is 9.78 Å². The van der Waals surface area contributed by atoms with Crippen LogP contribution in [0.1, 0.15) is 6.92 Å². The Labute approximate surface area is 156 Å². The Balaban J connectivity index is 1.56. The van der Waals surface area contributed by atoms with Crippen molar-refractivity contribution in [3.05, 3.63) is 65.4 Å². The molecule has 0 radical (unpaired) electrons. The minimum Gasteiger partial charge on any atom is -0.422 e. The van der Waals surface area contributed by atoms with Crippen LogP contribution in [0.25, 0.3) is 27.7 Å². The molecule has 4 heterocycles. The molecule has 0 saturated carbocycles. The number of hydrogen-bond acceptors (Lipinski definition) is 5. The Morgan fingerprint density at radius 2 is 2.15 bits per heavy atom. The largest absolute Gasteiger partial charge is 0.422 e. The fraction of sp³-hybridized carbons (Fsp3) is 0.238. The summed E-state index contributed by atoms with van der Waals surface area (Å²) in [7, 11) is 0. The maximum atomic E-state index is 12.6. The van der Waals surface area contributed by atoms with Crippen LogP contribution in [-0.4, -0.2) is 35.1 Å². The number of piperazine rings is 1. The Morgan fingerprint density at radius 3 is 3.04 bits per heavy atom. The van der Waals surface area contributed by atoms with E-state index < -0.39 is 0 Å². The molecule has 1 aliphatic heterocycles. The van der Waals surface area contributed by atoms with E-state index in [-0.39, 0.29) is 5.63 Å². The van der Waals surface area contributed by atoms with Crippen molar-refractivity contribution in [2.24, 2.45) is 0 Å². The molecule has 0 amide bonds. The van der Waals surface area contributed by atoms with E-state index in [1.54, 1.807) is 6.20 Å². The Morgan fingerprint density at radius 1 is 1.22 bits per heavy atom. The molecule has 5 rings (SSSR count). The quantitative estimate of drug-likeness (QED) is 0.557. The molecule has 0 aliphatic carbocycles. The van der Waals surface area contributed by atoms with Crippen LogP contribution >= 0.6 is 0 Å². The summed E-state index contributed by atoms with van der Waals surface area (Å²) in [5.41, 5.74) is 3.60. The fourth-order valence-corrected chi connectivity index (χ4v) is 3.74. The summed E-state index contributed by atoms with van der Waals surface area (Å²) in [6, 6.07) is 12.2. The van der Waals surface area contributed by atoms with Gasteiger partial charge in [0.05, 0.1) is 5.56 Å². The summed E-state index contributed by atoms with van der Waals surface area (Å²) < 4.78 is 7.57. The third-order valence-electron chi connectivity index (χ3n) is 5.15. The monoisotopic (exact) mass is 360 g/mol. The van der Waals surface area contributed by atoms with E-state index in [0.717, 1.165) is 41.9 Å². The molecule has 1 fully saturated rings. The van der Waals surface area contributed by atoms with Gasteiger partial charge in [-0.15, -0.1) is 0 Å². The lowest BCUT2D eigenvalue weighted by molar-refractivity contribution is 0.484. The van der Waals surface area contributed by atoms with Crippen LogP contribution in [-0.2, 0) is 0 Å². The minimum absolute atomic E-state index is 0.326. The van der Waals surface area contributed by atoms with Crippen LogP contribution in [0, 0.1) is 0 Å². The number of nitrogens with zero attached hydrogens (tertiary/aromatic N) is 3. The van der Waals surface area contributed by atoms with Crippen molar-refractivity contribution in [1.29, 1.82) is 0 Å². The number of benzene rings is 1. The van der Waals surface area contributed by atoms with Crippen molar-refractivity contribution in [3.8, 4) is 11.1 Å².